The van der Waals surface area contributed by atoms with Crippen LogP contribution in [0.15, 0.2) is 83.8 Å². The van der Waals surface area contributed by atoms with Gasteiger partial charge in [0.1, 0.15) is 6.61 Å². The quantitative estimate of drug-likeness (QED) is 0.373. The smallest absolute Gasteiger partial charge is 0.263 e. The van der Waals surface area contributed by atoms with Crippen molar-refractivity contribution in [2.24, 2.45) is 0 Å². The number of anilines is 2. The van der Waals surface area contributed by atoms with Gasteiger partial charge in [0, 0.05) is 0 Å². The Balaban J connectivity index is 1.54. The van der Waals surface area contributed by atoms with Gasteiger partial charge in [0.25, 0.3) is 10.0 Å². The molecule has 0 unspecified atom stereocenters. The van der Waals surface area contributed by atoms with Crippen LogP contribution in [-0.2, 0) is 10.0 Å². The van der Waals surface area contributed by atoms with Crippen LogP contribution >= 0.6 is 0 Å². The van der Waals surface area contributed by atoms with Gasteiger partial charge in [-0.05, 0) is 36.4 Å². The Hall–Kier alpha value is -3.85. The number of para-hydroxylation sites is 4. The van der Waals surface area contributed by atoms with Crippen LogP contribution in [0.25, 0.3) is 11.0 Å². The van der Waals surface area contributed by atoms with Gasteiger partial charge in [0.2, 0.25) is 0 Å². The summed E-state index contributed by atoms with van der Waals surface area (Å²) in [5, 5.41) is 3.12. The van der Waals surface area contributed by atoms with Crippen LogP contribution in [0.1, 0.15) is 0 Å². The van der Waals surface area contributed by atoms with Gasteiger partial charge in [-0.3, -0.25) is 4.72 Å². The zero-order chi connectivity index (χ0) is 22.4. The summed E-state index contributed by atoms with van der Waals surface area (Å²) >= 11 is 0. The summed E-state index contributed by atoms with van der Waals surface area (Å²) in [5.74, 6) is 1.68. The van der Waals surface area contributed by atoms with Crippen molar-refractivity contribution in [3.05, 3.63) is 78.9 Å². The van der Waals surface area contributed by atoms with E-state index in [2.05, 4.69) is 20.0 Å². The van der Waals surface area contributed by atoms with Gasteiger partial charge in [-0.2, -0.15) is 0 Å². The molecule has 0 spiro atoms. The molecule has 0 fully saturated rings. The number of nitrogens with zero attached hydrogens (tertiary/aromatic N) is 2. The normalized spacial score (nSPS) is 11.2. The zero-order valence-corrected chi connectivity index (χ0v) is 18.2. The Morgan fingerprint density at radius 2 is 1.38 bits per heavy atom. The Kier molecular flexibility index (Phi) is 6.37. The van der Waals surface area contributed by atoms with Gasteiger partial charge in [0.05, 0.1) is 29.6 Å². The molecule has 4 aromatic rings. The molecule has 0 saturated heterocycles. The molecule has 0 aliphatic heterocycles. The average molecular weight is 451 g/mol. The van der Waals surface area contributed by atoms with Crippen molar-refractivity contribution in [1.82, 2.24) is 9.97 Å². The lowest BCUT2D eigenvalue weighted by atomic mass is 10.3. The minimum atomic E-state index is -3.83. The molecule has 0 aliphatic rings. The predicted octanol–water partition coefficient (Wildman–Crippen LogP) is 3.93. The fourth-order valence-electron chi connectivity index (χ4n) is 3.05. The fourth-order valence-corrected chi connectivity index (χ4v) is 4.08. The second-order valence-electron chi connectivity index (χ2n) is 6.75. The van der Waals surface area contributed by atoms with Crippen molar-refractivity contribution in [3.8, 4) is 11.5 Å². The molecule has 0 atom stereocenters. The van der Waals surface area contributed by atoms with Crippen molar-refractivity contribution in [3.63, 3.8) is 0 Å². The summed E-state index contributed by atoms with van der Waals surface area (Å²) in [7, 11) is -2.25. The first-order chi connectivity index (χ1) is 15.6. The maximum Gasteiger partial charge on any atom is 0.263 e. The van der Waals surface area contributed by atoms with Crippen LogP contribution in [0.2, 0.25) is 0 Å². The van der Waals surface area contributed by atoms with E-state index in [-0.39, 0.29) is 10.7 Å². The molecule has 32 heavy (non-hydrogen) atoms. The molecule has 1 aromatic heterocycles. The van der Waals surface area contributed by atoms with Crippen molar-refractivity contribution in [2.45, 2.75) is 4.90 Å². The number of hydrogen-bond acceptors (Lipinski definition) is 7. The van der Waals surface area contributed by atoms with Crippen molar-refractivity contribution >= 4 is 32.7 Å². The Morgan fingerprint density at radius 1 is 0.781 bits per heavy atom. The van der Waals surface area contributed by atoms with E-state index in [1.165, 1.54) is 12.1 Å². The van der Waals surface area contributed by atoms with Crippen LogP contribution in [0, 0.1) is 0 Å². The molecule has 9 heteroatoms. The molecular formula is C23H22N4O4S. The molecule has 0 aliphatic carbocycles. The Morgan fingerprint density at radius 3 is 2.06 bits per heavy atom. The molecule has 3 aromatic carbocycles. The zero-order valence-electron chi connectivity index (χ0n) is 17.4. The van der Waals surface area contributed by atoms with Crippen molar-refractivity contribution in [2.75, 3.05) is 30.3 Å². The number of rotatable bonds is 9. The first kappa shape index (κ1) is 21.4. The lowest BCUT2D eigenvalue weighted by molar-refractivity contribution is 0.306. The second-order valence-corrected chi connectivity index (χ2v) is 8.44. The van der Waals surface area contributed by atoms with Crippen LogP contribution in [0.4, 0.5) is 11.6 Å². The maximum absolute atomic E-state index is 12.8. The molecule has 8 nitrogen and oxygen atoms in total. The van der Waals surface area contributed by atoms with E-state index in [1.807, 2.05) is 42.5 Å². The van der Waals surface area contributed by atoms with E-state index >= 15 is 0 Å². The number of hydrogen-bond donors (Lipinski definition) is 2. The minimum absolute atomic E-state index is 0.116. The number of sulfonamides is 1. The SMILES string of the molecule is COc1ccccc1OCCNc1nc2ccccc2nc1NS(=O)(=O)c1ccccc1. The Bertz CT molecular complexity index is 1310. The largest absolute Gasteiger partial charge is 0.493 e. The summed E-state index contributed by atoms with van der Waals surface area (Å²) in [5.41, 5.74) is 1.22. The average Bonchev–Trinajstić information content (AvgIpc) is 2.82. The highest BCUT2D eigenvalue weighted by Gasteiger charge is 2.18. The first-order valence-electron chi connectivity index (χ1n) is 9.91. The summed E-state index contributed by atoms with van der Waals surface area (Å²) in [6.07, 6.45) is 0. The third kappa shape index (κ3) is 4.89. The number of aromatic nitrogens is 2. The number of benzene rings is 3. The van der Waals surface area contributed by atoms with Gasteiger partial charge >= 0.3 is 0 Å². The molecule has 4 rings (SSSR count). The van der Waals surface area contributed by atoms with Crippen LogP contribution < -0.4 is 19.5 Å². The Labute approximate surface area is 186 Å². The molecule has 0 amide bonds. The predicted molar refractivity (Wildman–Crippen MR) is 124 cm³/mol. The second kappa shape index (κ2) is 9.52. The van der Waals surface area contributed by atoms with Gasteiger partial charge in [0.15, 0.2) is 23.1 Å². The highest BCUT2D eigenvalue weighted by atomic mass is 32.2. The van der Waals surface area contributed by atoms with Gasteiger partial charge in [-0.25, -0.2) is 18.4 Å². The number of methoxy groups -OCH3 is 1. The monoisotopic (exact) mass is 450 g/mol. The summed E-state index contributed by atoms with van der Waals surface area (Å²) < 4.78 is 39.3. The number of nitrogens with one attached hydrogen (secondary N) is 2. The third-order valence-electron chi connectivity index (χ3n) is 4.58. The topological polar surface area (TPSA) is 102 Å². The van der Waals surface area contributed by atoms with E-state index in [9.17, 15) is 8.42 Å². The van der Waals surface area contributed by atoms with Gasteiger partial charge in [-0.15, -0.1) is 0 Å². The highest BCUT2D eigenvalue weighted by Crippen LogP contribution is 2.26. The molecule has 0 radical (unpaired) electrons. The number of fused-ring (bicyclic) bond motifs is 1. The summed E-state index contributed by atoms with van der Waals surface area (Å²) in [6, 6.07) is 22.7. The molecule has 0 saturated carbocycles. The van der Waals surface area contributed by atoms with E-state index < -0.39 is 10.0 Å². The summed E-state index contributed by atoms with van der Waals surface area (Å²) in [4.78, 5) is 9.16. The number of ether oxygens (including phenoxy) is 2. The maximum atomic E-state index is 12.8. The van der Waals surface area contributed by atoms with Crippen LogP contribution in [-0.4, -0.2) is 38.6 Å². The van der Waals surface area contributed by atoms with Crippen LogP contribution in [0.3, 0.4) is 0 Å². The fraction of sp³-hybridized carbons (Fsp3) is 0.130. The first-order valence-corrected chi connectivity index (χ1v) is 11.4. The molecule has 164 valence electrons. The highest BCUT2D eigenvalue weighted by molar-refractivity contribution is 7.92. The van der Waals surface area contributed by atoms with Gasteiger partial charge < -0.3 is 14.8 Å². The van der Waals surface area contributed by atoms with Crippen molar-refractivity contribution < 1.29 is 17.9 Å². The van der Waals surface area contributed by atoms with Crippen molar-refractivity contribution in [1.29, 1.82) is 0 Å². The molecule has 2 N–H and O–H groups in total. The van der Waals surface area contributed by atoms with E-state index in [1.54, 1.807) is 31.4 Å². The van der Waals surface area contributed by atoms with E-state index in [0.29, 0.717) is 41.5 Å². The van der Waals surface area contributed by atoms with E-state index in [0.717, 1.165) is 0 Å². The minimum Gasteiger partial charge on any atom is -0.493 e. The summed E-state index contributed by atoms with van der Waals surface area (Å²) in [6.45, 7) is 0.672. The molecule has 0 bridgehead atoms. The van der Waals surface area contributed by atoms with Crippen LogP contribution in [0.5, 0.6) is 11.5 Å². The third-order valence-corrected chi connectivity index (χ3v) is 5.93. The lowest BCUT2D eigenvalue weighted by Crippen LogP contribution is -2.18. The van der Waals surface area contributed by atoms with E-state index in [4.69, 9.17) is 9.47 Å². The standard InChI is InChI=1S/C23H22N4O4S/c1-30-20-13-7-8-14-21(20)31-16-15-24-22-23(26-19-12-6-5-11-18(19)25-22)27-32(28,29)17-9-3-2-4-10-17/h2-14H,15-16H2,1H3,(H,24,25)(H,26,27). The molecule has 1 heterocycles. The van der Waals surface area contributed by atoms with Gasteiger partial charge in [-0.1, -0.05) is 42.5 Å². The molecular weight excluding hydrogens is 428 g/mol. The lowest BCUT2D eigenvalue weighted by Gasteiger charge is -2.14.